The third-order valence-electron chi connectivity index (χ3n) is 8.19. The summed E-state index contributed by atoms with van der Waals surface area (Å²) >= 11 is 0. The number of amides is 2. The monoisotopic (exact) mass is 562 g/mol. The Kier molecular flexibility index (Phi) is 8.71. The molecule has 0 spiro atoms. The number of carbonyl (C=O) groups is 3. The fourth-order valence-corrected chi connectivity index (χ4v) is 6.22. The number of halogens is 1. The van der Waals surface area contributed by atoms with Gasteiger partial charge in [-0.25, -0.2) is 4.39 Å². The third kappa shape index (κ3) is 6.51. The van der Waals surface area contributed by atoms with Crippen LogP contribution in [0.2, 0.25) is 0 Å². The van der Waals surface area contributed by atoms with Gasteiger partial charge in [-0.2, -0.15) is 0 Å². The summed E-state index contributed by atoms with van der Waals surface area (Å²) < 4.78 is 21.7. The van der Waals surface area contributed by atoms with Gasteiger partial charge in [0.15, 0.2) is 0 Å². The molecule has 11 heteroatoms. The molecule has 4 rings (SSSR count). The first kappa shape index (κ1) is 30.8. The number of carbonyl (C=O) groups excluding carboxylic acids is 3. The van der Waals surface area contributed by atoms with Crippen molar-refractivity contribution < 1.29 is 23.5 Å². The molecule has 1 fully saturated rings. The Morgan fingerprint density at radius 2 is 1.85 bits per heavy atom. The van der Waals surface area contributed by atoms with Crippen molar-refractivity contribution in [2.75, 3.05) is 25.5 Å². The predicted molar refractivity (Wildman–Crippen MR) is 163 cm³/mol. The van der Waals surface area contributed by atoms with Gasteiger partial charge in [0.05, 0.1) is 11.2 Å². The molecule has 1 saturated heterocycles. The molecule has 0 aromatic heterocycles. The van der Waals surface area contributed by atoms with Crippen LogP contribution in [0, 0.1) is 5.82 Å². The van der Waals surface area contributed by atoms with Crippen LogP contribution in [0.25, 0.3) is 0 Å². The molecule has 0 radical (unpaired) electrons. The van der Waals surface area contributed by atoms with Gasteiger partial charge in [0.25, 0.3) is 5.91 Å². The van der Waals surface area contributed by atoms with Crippen LogP contribution in [0.4, 0.5) is 10.1 Å². The summed E-state index contributed by atoms with van der Waals surface area (Å²) in [5, 5.41) is 5.50. The zero-order chi connectivity index (χ0) is 30.2. The number of morpholine rings is 1. The second kappa shape index (κ2) is 11.6. The maximum Gasteiger partial charge on any atom is 0.255 e. The van der Waals surface area contributed by atoms with E-state index < -0.39 is 11.4 Å². The number of benzene rings is 2. The molecule has 2 N–H and O–H groups in total. The highest BCUT2D eigenvalue weighted by atomic mass is 19.1. The minimum absolute atomic E-state index is 0.177. The number of ether oxygens (including phenoxy) is 1. The van der Waals surface area contributed by atoms with E-state index in [2.05, 4.69) is 58.9 Å². The number of nitrogens with one attached hydrogen (secondary N) is 2. The molecule has 8 nitrogen and oxygen atoms in total. The van der Waals surface area contributed by atoms with E-state index in [0.29, 0.717) is 16.8 Å². The fourth-order valence-electron chi connectivity index (χ4n) is 6.22. The first-order chi connectivity index (χ1) is 19.2. The molecular weight excluding hydrogens is 521 g/mol. The number of anilines is 1. The van der Waals surface area contributed by atoms with Gasteiger partial charge in [-0.1, -0.05) is 18.2 Å². The van der Waals surface area contributed by atoms with Crippen molar-refractivity contribution in [2.45, 2.75) is 76.2 Å². The molecule has 218 valence electrons. The smallest absolute Gasteiger partial charge is 0.255 e. The number of nitrogens with zero attached hydrogens (tertiary/aromatic N) is 2. The maximum atomic E-state index is 15.5. The van der Waals surface area contributed by atoms with Crippen molar-refractivity contribution in [2.24, 2.45) is 0 Å². The molecule has 2 aliphatic heterocycles. The summed E-state index contributed by atoms with van der Waals surface area (Å²) in [5.41, 5.74) is 2.75. The molecule has 0 aliphatic carbocycles. The van der Waals surface area contributed by atoms with E-state index in [1.807, 2.05) is 18.2 Å². The number of hydrogen-bond donors (Lipinski definition) is 2. The topological polar surface area (TPSA) is 91.0 Å². The van der Waals surface area contributed by atoms with E-state index in [4.69, 9.17) is 4.74 Å². The third-order valence-corrected chi connectivity index (χ3v) is 8.19. The summed E-state index contributed by atoms with van der Waals surface area (Å²) in [7, 11) is 5.75. The summed E-state index contributed by atoms with van der Waals surface area (Å²) in [5.74, 6) is -0.860. The molecule has 2 aromatic carbocycles. The number of fused-ring (bicyclic) bond motifs is 1. The Balaban J connectivity index is 1.50. The molecule has 0 bridgehead atoms. The lowest BCUT2D eigenvalue weighted by Gasteiger charge is -2.53. The van der Waals surface area contributed by atoms with E-state index in [-0.39, 0.29) is 54.8 Å². The molecular formula is C30H41B2FN4O4. The van der Waals surface area contributed by atoms with Gasteiger partial charge in [-0.15, -0.1) is 0 Å². The number of likely N-dealkylation sites (N-methyl/N-ethyl adjacent to an activating group) is 1. The van der Waals surface area contributed by atoms with Crippen molar-refractivity contribution in [1.82, 2.24) is 15.1 Å². The minimum atomic E-state index is -0.742. The van der Waals surface area contributed by atoms with Crippen molar-refractivity contribution in [3.8, 4) is 0 Å². The highest BCUT2D eigenvalue weighted by Gasteiger charge is 2.43. The van der Waals surface area contributed by atoms with Crippen molar-refractivity contribution in [1.29, 1.82) is 0 Å². The summed E-state index contributed by atoms with van der Waals surface area (Å²) in [6.07, 6.45) is 1.18. The Bertz CT molecular complexity index is 1320. The molecule has 0 saturated carbocycles. The van der Waals surface area contributed by atoms with Gasteiger partial charge >= 0.3 is 0 Å². The molecule has 2 heterocycles. The standard InChI is InChI=1S/C30H41B2FN4O4/c1-28(2)17-36(18-29(3,4)41-28)30(31,32)20-12-11-19(23(33)14-20)15-35-24-9-6-8-21-22(24)16-37(27(21)40)25(10-7-13-38)26(39)34-5/h6,8-9,11-14,25,35H,7,10,15-18,31-32H2,1-5H3,(H,34,39). The largest absolute Gasteiger partial charge is 0.381 e. The fraction of sp³-hybridized carbons (Fsp3) is 0.500. The van der Waals surface area contributed by atoms with Gasteiger partial charge in [0, 0.05) is 62.0 Å². The average molecular weight is 562 g/mol. The molecule has 2 amide bonds. The van der Waals surface area contributed by atoms with Crippen LogP contribution in [0.3, 0.4) is 0 Å². The average Bonchev–Trinajstić information content (AvgIpc) is 3.22. The van der Waals surface area contributed by atoms with Crippen molar-refractivity contribution in [3.05, 3.63) is 64.5 Å². The molecule has 2 aliphatic rings. The van der Waals surface area contributed by atoms with Crippen LogP contribution in [0.15, 0.2) is 36.4 Å². The summed E-state index contributed by atoms with van der Waals surface area (Å²) in [4.78, 5) is 40.5. The number of hydrogen-bond acceptors (Lipinski definition) is 6. The van der Waals surface area contributed by atoms with Gasteiger partial charge in [-0.3, -0.25) is 9.59 Å². The van der Waals surface area contributed by atoms with E-state index in [0.717, 1.165) is 30.5 Å². The van der Waals surface area contributed by atoms with Gasteiger partial charge in [-0.05, 0) is 63.2 Å². The first-order valence-electron chi connectivity index (χ1n) is 14.3. The minimum Gasteiger partial charge on any atom is -0.381 e. The highest BCUT2D eigenvalue weighted by Crippen LogP contribution is 2.35. The van der Waals surface area contributed by atoms with Crippen LogP contribution < -0.4 is 10.6 Å². The Morgan fingerprint density at radius 3 is 2.46 bits per heavy atom. The van der Waals surface area contributed by atoms with Crippen LogP contribution in [0.1, 0.15) is 67.6 Å². The van der Waals surface area contributed by atoms with Gasteiger partial charge < -0.3 is 30.0 Å². The van der Waals surface area contributed by atoms with Crippen LogP contribution >= 0.6 is 0 Å². The predicted octanol–water partition coefficient (Wildman–Crippen LogP) is 1.75. The SMILES string of the molecule is BC(B)(c1ccc(CNc2cccc3c2CN(C(CCC=O)C(=O)NC)C3=O)c(F)c1)N1CC(C)(C)OC(C)(C)C1. The van der Waals surface area contributed by atoms with Gasteiger partial charge in [0.2, 0.25) is 5.91 Å². The van der Waals surface area contributed by atoms with Crippen molar-refractivity contribution in [3.63, 3.8) is 0 Å². The second-order valence-electron chi connectivity index (χ2n) is 12.8. The van der Waals surface area contributed by atoms with Crippen LogP contribution in [0.5, 0.6) is 0 Å². The Hall–Kier alpha value is -3.17. The quantitative estimate of drug-likeness (QED) is 0.339. The van der Waals surface area contributed by atoms with Gasteiger partial charge in [0.1, 0.15) is 33.8 Å². The Morgan fingerprint density at radius 1 is 1.17 bits per heavy atom. The van der Waals surface area contributed by atoms with E-state index >= 15 is 4.39 Å². The highest BCUT2D eigenvalue weighted by molar-refractivity contribution is 6.39. The van der Waals surface area contributed by atoms with Crippen LogP contribution in [-0.4, -0.2) is 81.0 Å². The molecule has 2 aromatic rings. The van der Waals surface area contributed by atoms with E-state index in [1.165, 1.54) is 11.9 Å². The Labute approximate surface area is 244 Å². The molecule has 1 atom stereocenters. The molecule has 41 heavy (non-hydrogen) atoms. The number of aldehydes is 1. The zero-order valence-electron chi connectivity index (χ0n) is 25.3. The lowest BCUT2D eigenvalue weighted by molar-refractivity contribution is -0.186. The summed E-state index contributed by atoms with van der Waals surface area (Å²) in [6.45, 7) is 10.3. The molecule has 1 unspecified atom stereocenters. The zero-order valence-corrected chi connectivity index (χ0v) is 25.3. The normalized spacial score (nSPS) is 19.0. The lowest BCUT2D eigenvalue weighted by atomic mass is 9.56. The maximum absolute atomic E-state index is 15.5. The second-order valence-corrected chi connectivity index (χ2v) is 12.8. The van der Waals surface area contributed by atoms with E-state index in [9.17, 15) is 14.4 Å². The lowest BCUT2D eigenvalue weighted by Crippen LogP contribution is -2.63. The van der Waals surface area contributed by atoms with Crippen molar-refractivity contribution >= 4 is 39.5 Å². The van der Waals surface area contributed by atoms with E-state index in [1.54, 1.807) is 18.2 Å². The summed E-state index contributed by atoms with van der Waals surface area (Å²) in [6, 6.07) is 10.0. The number of rotatable bonds is 10. The van der Waals surface area contributed by atoms with Crippen LogP contribution in [-0.2, 0) is 32.8 Å². The first-order valence-corrected chi connectivity index (χ1v) is 14.3.